The number of carbonyl (C=O) groups excluding carboxylic acids is 2. The van der Waals surface area contributed by atoms with E-state index in [1.807, 2.05) is 12.1 Å². The summed E-state index contributed by atoms with van der Waals surface area (Å²) in [5.41, 5.74) is 0.890. The molecule has 1 heterocycles. The molecule has 0 bridgehead atoms. The minimum Gasteiger partial charge on any atom is -0.353 e. The van der Waals surface area contributed by atoms with Crippen LogP contribution in [0.25, 0.3) is 0 Å². The van der Waals surface area contributed by atoms with Crippen molar-refractivity contribution in [3.05, 3.63) is 34.9 Å². The Morgan fingerprint density at radius 1 is 1.11 bits per heavy atom. The molecule has 2 amide bonds. The molecule has 0 radical (unpaired) electrons. The van der Waals surface area contributed by atoms with E-state index in [1.165, 1.54) is 39.2 Å². The van der Waals surface area contributed by atoms with Crippen LogP contribution in [0.5, 0.6) is 0 Å². The maximum atomic E-state index is 12.6. The van der Waals surface area contributed by atoms with E-state index in [4.69, 9.17) is 11.6 Å². The van der Waals surface area contributed by atoms with Gasteiger partial charge in [0.15, 0.2) is 0 Å². The fraction of sp³-hybridized carbons (Fsp3) is 0.636. The maximum Gasteiger partial charge on any atom is 0.222 e. The molecule has 5 nitrogen and oxygen atoms in total. The Labute approximate surface area is 173 Å². The first-order valence-corrected chi connectivity index (χ1v) is 10.9. The first-order valence-electron chi connectivity index (χ1n) is 10.5. The van der Waals surface area contributed by atoms with Crippen molar-refractivity contribution in [2.45, 2.75) is 64.0 Å². The monoisotopic (exact) mass is 405 g/mol. The van der Waals surface area contributed by atoms with Gasteiger partial charge in [0, 0.05) is 37.6 Å². The molecule has 1 atom stereocenters. The van der Waals surface area contributed by atoms with Gasteiger partial charge in [0.1, 0.15) is 0 Å². The first-order chi connectivity index (χ1) is 13.5. The van der Waals surface area contributed by atoms with Crippen LogP contribution in [0.15, 0.2) is 24.3 Å². The van der Waals surface area contributed by atoms with Gasteiger partial charge in [-0.05, 0) is 49.3 Å². The van der Waals surface area contributed by atoms with Crippen LogP contribution >= 0.6 is 11.6 Å². The van der Waals surface area contributed by atoms with Crippen molar-refractivity contribution < 1.29 is 9.59 Å². The molecule has 2 aliphatic rings. The van der Waals surface area contributed by atoms with Gasteiger partial charge in [-0.15, -0.1) is 0 Å². The summed E-state index contributed by atoms with van der Waals surface area (Å²) in [5.74, 6) is 0.722. The second-order valence-corrected chi connectivity index (χ2v) is 8.74. The highest BCUT2D eigenvalue weighted by atomic mass is 35.5. The number of benzene rings is 1. The molecule has 1 unspecified atom stereocenters. The van der Waals surface area contributed by atoms with Gasteiger partial charge in [-0.25, -0.2) is 0 Å². The van der Waals surface area contributed by atoms with Crippen LogP contribution in [-0.2, 0) is 9.59 Å². The summed E-state index contributed by atoms with van der Waals surface area (Å²) in [6.07, 6.45) is 7.79. The van der Waals surface area contributed by atoms with Gasteiger partial charge in [-0.1, -0.05) is 36.6 Å². The molecule has 1 aliphatic heterocycles. The molecule has 2 N–H and O–H groups in total. The highest BCUT2D eigenvalue weighted by Crippen LogP contribution is 2.26. The minimum atomic E-state index is -0.336. The lowest BCUT2D eigenvalue weighted by atomic mass is 10.00. The molecule has 1 saturated carbocycles. The molecule has 1 aliphatic carbocycles. The van der Waals surface area contributed by atoms with Crippen LogP contribution in [0.1, 0.15) is 63.5 Å². The SMILES string of the molecule is CC(=O)NC(CC(=O)NC1CCN(CC2CCCC2)CC1)c1ccc(Cl)cc1. The van der Waals surface area contributed by atoms with Crippen molar-refractivity contribution in [3.8, 4) is 0 Å². The lowest BCUT2D eigenvalue weighted by Gasteiger charge is -2.34. The lowest BCUT2D eigenvalue weighted by Crippen LogP contribution is -2.46. The normalized spacial score (nSPS) is 20.1. The highest BCUT2D eigenvalue weighted by Gasteiger charge is 2.25. The Hall–Kier alpha value is -1.59. The number of amides is 2. The average molecular weight is 406 g/mol. The van der Waals surface area contributed by atoms with Crippen LogP contribution in [0.2, 0.25) is 5.02 Å². The first kappa shape index (κ1) is 21.1. The Bertz CT molecular complexity index is 650. The standard InChI is InChI=1S/C22H32ClN3O2/c1-16(27)24-21(18-6-8-19(23)9-7-18)14-22(28)25-20-10-12-26(13-11-20)15-17-4-2-3-5-17/h6-9,17,20-21H,2-5,10-15H2,1H3,(H,24,27)(H,25,28). The number of hydrogen-bond donors (Lipinski definition) is 2. The highest BCUT2D eigenvalue weighted by molar-refractivity contribution is 6.30. The third-order valence-electron chi connectivity index (χ3n) is 5.98. The molecule has 1 saturated heterocycles. The van der Waals surface area contributed by atoms with E-state index in [2.05, 4.69) is 15.5 Å². The average Bonchev–Trinajstić information content (AvgIpc) is 3.16. The van der Waals surface area contributed by atoms with Crippen LogP contribution < -0.4 is 10.6 Å². The van der Waals surface area contributed by atoms with E-state index < -0.39 is 0 Å². The molecule has 1 aromatic carbocycles. The van der Waals surface area contributed by atoms with E-state index in [1.54, 1.807) is 12.1 Å². The summed E-state index contributed by atoms with van der Waals surface area (Å²) in [4.78, 5) is 26.7. The van der Waals surface area contributed by atoms with Gasteiger partial charge in [0.25, 0.3) is 0 Å². The van der Waals surface area contributed by atoms with Crippen LogP contribution in [-0.4, -0.2) is 42.4 Å². The fourth-order valence-electron chi connectivity index (χ4n) is 4.48. The zero-order chi connectivity index (χ0) is 19.9. The summed E-state index contributed by atoms with van der Waals surface area (Å²) in [5, 5.41) is 6.69. The zero-order valence-electron chi connectivity index (χ0n) is 16.8. The maximum absolute atomic E-state index is 12.6. The Balaban J connectivity index is 1.46. The molecule has 28 heavy (non-hydrogen) atoms. The van der Waals surface area contributed by atoms with Crippen LogP contribution in [0, 0.1) is 5.92 Å². The molecule has 6 heteroatoms. The molecular formula is C22H32ClN3O2. The van der Waals surface area contributed by atoms with E-state index >= 15 is 0 Å². The van der Waals surface area contributed by atoms with E-state index in [0.29, 0.717) is 5.02 Å². The summed E-state index contributed by atoms with van der Waals surface area (Å²) >= 11 is 5.95. The summed E-state index contributed by atoms with van der Waals surface area (Å²) in [6.45, 7) is 4.82. The van der Waals surface area contributed by atoms with Crippen LogP contribution in [0.4, 0.5) is 0 Å². The molecular weight excluding hydrogens is 374 g/mol. The number of likely N-dealkylation sites (tertiary alicyclic amines) is 1. The predicted octanol–water partition coefficient (Wildman–Crippen LogP) is 3.68. The number of halogens is 1. The van der Waals surface area contributed by atoms with Crippen LogP contribution in [0.3, 0.4) is 0 Å². The van der Waals surface area contributed by atoms with Crippen molar-refractivity contribution in [2.24, 2.45) is 5.92 Å². The van der Waals surface area contributed by atoms with Gasteiger partial charge in [0.05, 0.1) is 12.5 Å². The number of nitrogens with one attached hydrogen (secondary N) is 2. The molecule has 0 aromatic heterocycles. The summed E-state index contributed by atoms with van der Waals surface area (Å²) in [6, 6.07) is 7.18. The van der Waals surface area contributed by atoms with Crippen molar-refractivity contribution in [1.29, 1.82) is 0 Å². The molecule has 1 aromatic rings. The van der Waals surface area contributed by atoms with Crippen molar-refractivity contribution >= 4 is 23.4 Å². The number of piperidine rings is 1. The van der Waals surface area contributed by atoms with E-state index in [0.717, 1.165) is 37.4 Å². The topological polar surface area (TPSA) is 61.4 Å². The van der Waals surface area contributed by atoms with Gasteiger partial charge in [-0.3, -0.25) is 9.59 Å². The smallest absolute Gasteiger partial charge is 0.222 e. The van der Waals surface area contributed by atoms with Gasteiger partial charge in [-0.2, -0.15) is 0 Å². The molecule has 154 valence electrons. The van der Waals surface area contributed by atoms with E-state index in [-0.39, 0.29) is 30.3 Å². The third-order valence-corrected chi connectivity index (χ3v) is 6.24. The molecule has 2 fully saturated rings. The summed E-state index contributed by atoms with van der Waals surface area (Å²) < 4.78 is 0. The van der Waals surface area contributed by atoms with Crippen molar-refractivity contribution in [3.63, 3.8) is 0 Å². The second-order valence-electron chi connectivity index (χ2n) is 8.30. The Morgan fingerprint density at radius 2 is 1.75 bits per heavy atom. The summed E-state index contributed by atoms with van der Waals surface area (Å²) in [7, 11) is 0. The quantitative estimate of drug-likeness (QED) is 0.727. The Morgan fingerprint density at radius 3 is 2.36 bits per heavy atom. The van der Waals surface area contributed by atoms with E-state index in [9.17, 15) is 9.59 Å². The van der Waals surface area contributed by atoms with Gasteiger partial charge < -0.3 is 15.5 Å². The molecule has 3 rings (SSSR count). The fourth-order valence-corrected chi connectivity index (χ4v) is 4.61. The minimum absolute atomic E-state index is 0.0112. The molecule has 0 spiro atoms. The zero-order valence-corrected chi connectivity index (χ0v) is 17.5. The number of carbonyl (C=O) groups is 2. The largest absolute Gasteiger partial charge is 0.353 e. The Kier molecular flexibility index (Phi) is 7.74. The van der Waals surface area contributed by atoms with Gasteiger partial charge in [0.2, 0.25) is 11.8 Å². The lowest BCUT2D eigenvalue weighted by molar-refractivity contribution is -0.123. The van der Waals surface area contributed by atoms with Crippen molar-refractivity contribution in [1.82, 2.24) is 15.5 Å². The number of nitrogens with zero attached hydrogens (tertiary/aromatic N) is 1. The number of rotatable bonds is 7. The van der Waals surface area contributed by atoms with Crippen molar-refractivity contribution in [2.75, 3.05) is 19.6 Å². The second kappa shape index (κ2) is 10.3. The number of hydrogen-bond acceptors (Lipinski definition) is 3. The van der Waals surface area contributed by atoms with Gasteiger partial charge >= 0.3 is 0 Å². The predicted molar refractivity (Wildman–Crippen MR) is 112 cm³/mol. The third kappa shape index (κ3) is 6.49.